The molecule has 4 atom stereocenters. The van der Waals surface area contributed by atoms with Gasteiger partial charge < -0.3 is 34.4 Å². The van der Waals surface area contributed by atoms with Crippen molar-refractivity contribution in [3.8, 4) is 10.4 Å². The lowest BCUT2D eigenvalue weighted by molar-refractivity contribution is -0.141. The van der Waals surface area contributed by atoms with Crippen LogP contribution < -0.4 is 10.2 Å². The molecule has 1 aromatic carbocycles. The third-order valence-corrected chi connectivity index (χ3v) is 9.63. The number of carbonyl (C=O) groups is 3. The number of nitrogens with one attached hydrogen (secondary N) is 1. The Kier molecular flexibility index (Phi) is 10.3. The van der Waals surface area contributed by atoms with Crippen molar-refractivity contribution in [2.75, 3.05) is 37.6 Å². The highest BCUT2D eigenvalue weighted by Crippen LogP contribution is 2.33. The lowest BCUT2D eigenvalue weighted by atomic mass is 9.91. The number of ether oxygens (including phenoxy) is 1. The lowest BCUT2D eigenvalue weighted by Crippen LogP contribution is -2.50. The monoisotopic (exact) mass is 666 g/mol. The predicted molar refractivity (Wildman–Crippen MR) is 179 cm³/mol. The Balaban J connectivity index is 1.23. The summed E-state index contributed by atoms with van der Waals surface area (Å²) in [5, 5.41) is 17.9. The minimum atomic E-state index is -0.816. The van der Waals surface area contributed by atoms with Gasteiger partial charge in [-0.05, 0) is 51.7 Å². The zero-order valence-electron chi connectivity index (χ0n) is 28.2. The molecule has 2 saturated heterocycles. The van der Waals surface area contributed by atoms with Gasteiger partial charge in [0.1, 0.15) is 17.6 Å². The number of aromatic nitrogens is 2. The Morgan fingerprint density at radius 2 is 1.77 bits per heavy atom. The third-order valence-electron chi connectivity index (χ3n) is 8.65. The number of aliphatic hydroxyl groups excluding tert-OH is 1. The Hall–Kier alpha value is -3.97. The predicted octanol–water partition coefficient (Wildman–Crippen LogP) is 4.74. The van der Waals surface area contributed by atoms with Crippen molar-refractivity contribution < 1.29 is 28.8 Å². The summed E-state index contributed by atoms with van der Waals surface area (Å²) in [6.07, 6.45) is -1.00. The quantitative estimate of drug-likeness (QED) is 0.349. The summed E-state index contributed by atoms with van der Waals surface area (Å²) in [5.74, 6) is -0.462. The summed E-state index contributed by atoms with van der Waals surface area (Å²) in [7, 11) is 0. The highest BCUT2D eigenvalue weighted by atomic mass is 32.1. The van der Waals surface area contributed by atoms with E-state index in [9.17, 15) is 19.5 Å². The standard InChI is InChI=1S/C34H46N6O6S/c1-20(2)29(27-17-28(37-46-27)38-12-14-39(15-13-38)33(44)45-34(5,6)7)32(43)40-18-25(41)16-26(40)31(42)36-21(3)23-8-10-24(11-9-23)30-22(4)35-19-47-30/h8-11,17,19-21,25-26,29,41H,12-16,18H2,1-7H3,(H,36,42). The summed E-state index contributed by atoms with van der Waals surface area (Å²) < 4.78 is 11.2. The maximum absolute atomic E-state index is 14.1. The normalized spacial score (nSPS) is 20.0. The van der Waals surface area contributed by atoms with E-state index in [1.165, 1.54) is 4.90 Å². The second-order valence-corrected chi connectivity index (χ2v) is 14.6. The van der Waals surface area contributed by atoms with E-state index in [2.05, 4.69) is 15.5 Å². The van der Waals surface area contributed by atoms with Crippen molar-refractivity contribution >= 4 is 35.1 Å². The van der Waals surface area contributed by atoms with E-state index in [0.29, 0.717) is 37.8 Å². The van der Waals surface area contributed by atoms with Crippen LogP contribution in [0.3, 0.4) is 0 Å². The molecule has 0 spiro atoms. The first-order chi connectivity index (χ1) is 22.2. The molecule has 2 aromatic heterocycles. The number of carbonyl (C=O) groups excluding carboxylic acids is 3. The molecule has 0 bridgehead atoms. The second-order valence-electron chi connectivity index (χ2n) is 13.8. The molecule has 2 aliphatic rings. The molecule has 12 nitrogen and oxygen atoms in total. The number of rotatable bonds is 8. The number of thiazole rings is 1. The number of hydrogen-bond acceptors (Lipinski definition) is 10. The van der Waals surface area contributed by atoms with Gasteiger partial charge >= 0.3 is 6.09 Å². The SMILES string of the molecule is Cc1ncsc1-c1ccc(C(C)NC(=O)C2CC(O)CN2C(=O)C(c2cc(N3CCN(C(=O)OC(C)(C)C)CC3)no2)C(C)C)cc1. The molecule has 2 N–H and O–H groups in total. The van der Waals surface area contributed by atoms with Crippen LogP contribution in [-0.4, -0.2) is 93.4 Å². The number of aryl methyl sites for hydroxylation is 1. The molecule has 5 rings (SSSR count). The minimum absolute atomic E-state index is 0.0606. The molecule has 4 unspecified atom stereocenters. The molecule has 4 heterocycles. The van der Waals surface area contributed by atoms with Gasteiger partial charge in [-0.25, -0.2) is 9.78 Å². The number of hydrogen-bond donors (Lipinski definition) is 2. The van der Waals surface area contributed by atoms with Crippen molar-refractivity contribution in [2.24, 2.45) is 5.92 Å². The first-order valence-corrected chi connectivity index (χ1v) is 17.1. The number of benzene rings is 1. The first kappa shape index (κ1) is 34.4. The van der Waals surface area contributed by atoms with E-state index in [4.69, 9.17) is 9.26 Å². The summed E-state index contributed by atoms with van der Waals surface area (Å²) in [6, 6.07) is 8.67. The van der Waals surface area contributed by atoms with E-state index in [0.717, 1.165) is 21.7 Å². The van der Waals surface area contributed by atoms with Crippen LogP contribution in [0.5, 0.6) is 0 Å². The fourth-order valence-corrected chi connectivity index (χ4v) is 6.95. The van der Waals surface area contributed by atoms with Crippen molar-refractivity contribution in [3.05, 3.63) is 52.9 Å². The number of anilines is 1. The van der Waals surface area contributed by atoms with Crippen molar-refractivity contribution in [3.63, 3.8) is 0 Å². The van der Waals surface area contributed by atoms with E-state index >= 15 is 0 Å². The van der Waals surface area contributed by atoms with Crippen molar-refractivity contribution in [1.82, 2.24) is 25.3 Å². The highest BCUT2D eigenvalue weighted by molar-refractivity contribution is 7.13. The molecule has 3 aromatic rings. The highest BCUT2D eigenvalue weighted by Gasteiger charge is 2.43. The van der Waals surface area contributed by atoms with Gasteiger partial charge in [-0.1, -0.05) is 43.3 Å². The van der Waals surface area contributed by atoms with Gasteiger partial charge in [-0.2, -0.15) is 0 Å². The Morgan fingerprint density at radius 1 is 1.09 bits per heavy atom. The van der Waals surface area contributed by atoms with E-state index in [1.807, 2.05) is 83.1 Å². The number of nitrogens with zero attached hydrogens (tertiary/aromatic N) is 5. The molecule has 3 amide bonds. The van der Waals surface area contributed by atoms with Crippen LogP contribution in [0.2, 0.25) is 0 Å². The van der Waals surface area contributed by atoms with Crippen LogP contribution in [0.4, 0.5) is 10.6 Å². The number of likely N-dealkylation sites (tertiary alicyclic amines) is 1. The van der Waals surface area contributed by atoms with Crippen LogP contribution in [0.15, 0.2) is 40.4 Å². The number of β-amino-alcohol motifs (C(OH)–C–C–N with tert-alkyl or cyclic N) is 1. The van der Waals surface area contributed by atoms with Crippen LogP contribution in [0.1, 0.15) is 76.9 Å². The van der Waals surface area contributed by atoms with E-state index < -0.39 is 23.7 Å². The van der Waals surface area contributed by atoms with Crippen LogP contribution in [0.25, 0.3) is 10.4 Å². The van der Waals surface area contributed by atoms with Gasteiger partial charge in [0.05, 0.1) is 28.2 Å². The molecule has 2 fully saturated rings. The Labute approximate surface area is 280 Å². The maximum Gasteiger partial charge on any atom is 0.410 e. The first-order valence-electron chi connectivity index (χ1n) is 16.2. The zero-order valence-corrected chi connectivity index (χ0v) is 29.0. The largest absolute Gasteiger partial charge is 0.444 e. The number of piperazine rings is 1. The van der Waals surface area contributed by atoms with Gasteiger partial charge in [0, 0.05) is 45.2 Å². The summed E-state index contributed by atoms with van der Waals surface area (Å²) in [4.78, 5) is 50.7. The van der Waals surface area contributed by atoms with Gasteiger partial charge in [-0.15, -0.1) is 11.3 Å². The van der Waals surface area contributed by atoms with Crippen molar-refractivity contribution in [1.29, 1.82) is 0 Å². The average molecular weight is 667 g/mol. The van der Waals surface area contributed by atoms with Crippen LogP contribution in [-0.2, 0) is 14.3 Å². The zero-order chi connectivity index (χ0) is 34.0. The fourth-order valence-electron chi connectivity index (χ4n) is 6.13. The summed E-state index contributed by atoms with van der Waals surface area (Å²) in [6.45, 7) is 15.3. The molecular formula is C34H46N6O6S. The third kappa shape index (κ3) is 7.95. The Morgan fingerprint density at radius 3 is 2.36 bits per heavy atom. The minimum Gasteiger partial charge on any atom is -0.444 e. The topological polar surface area (TPSA) is 141 Å². The van der Waals surface area contributed by atoms with E-state index in [-0.39, 0.29) is 42.8 Å². The van der Waals surface area contributed by atoms with Crippen LogP contribution >= 0.6 is 11.3 Å². The van der Waals surface area contributed by atoms with Gasteiger partial charge in [-0.3, -0.25) is 9.59 Å². The molecule has 0 aliphatic carbocycles. The summed E-state index contributed by atoms with van der Waals surface area (Å²) >= 11 is 1.59. The molecule has 13 heteroatoms. The maximum atomic E-state index is 14.1. The molecule has 0 saturated carbocycles. The smallest absolute Gasteiger partial charge is 0.410 e. The summed E-state index contributed by atoms with van der Waals surface area (Å²) in [5.41, 5.74) is 4.24. The van der Waals surface area contributed by atoms with Gasteiger partial charge in [0.25, 0.3) is 0 Å². The average Bonchev–Trinajstić information content (AvgIpc) is 3.76. The van der Waals surface area contributed by atoms with E-state index in [1.54, 1.807) is 22.3 Å². The number of aliphatic hydroxyl groups is 1. The molecule has 254 valence electrons. The van der Waals surface area contributed by atoms with Gasteiger partial charge in [0.2, 0.25) is 11.8 Å². The molecular weight excluding hydrogens is 620 g/mol. The molecule has 47 heavy (non-hydrogen) atoms. The fraction of sp³-hybridized carbons (Fsp3) is 0.559. The Bertz CT molecular complexity index is 1560. The molecule has 0 radical (unpaired) electrons. The van der Waals surface area contributed by atoms with Gasteiger partial charge in [0.15, 0.2) is 11.6 Å². The second kappa shape index (κ2) is 14.0. The lowest BCUT2D eigenvalue weighted by Gasteiger charge is -2.35. The molecule has 2 aliphatic heterocycles. The van der Waals surface area contributed by atoms with Crippen molar-refractivity contribution in [2.45, 2.75) is 84.6 Å². The number of amides is 3. The van der Waals surface area contributed by atoms with Crippen LogP contribution in [0, 0.1) is 12.8 Å².